The van der Waals surface area contributed by atoms with Crippen LogP contribution in [0, 0.1) is 0 Å². The third kappa shape index (κ3) is 3.25. The van der Waals surface area contributed by atoms with Crippen molar-refractivity contribution in [1.29, 1.82) is 0 Å². The molecule has 1 saturated heterocycles. The van der Waals surface area contributed by atoms with Crippen molar-refractivity contribution >= 4 is 33.8 Å². The summed E-state index contributed by atoms with van der Waals surface area (Å²) in [6, 6.07) is 18.8. The third-order valence-electron chi connectivity index (χ3n) is 5.56. The van der Waals surface area contributed by atoms with Gasteiger partial charge in [0, 0.05) is 10.9 Å². The highest BCUT2D eigenvalue weighted by Gasteiger charge is 2.22. The van der Waals surface area contributed by atoms with Gasteiger partial charge in [-0.2, -0.15) is 0 Å². The van der Waals surface area contributed by atoms with Crippen molar-refractivity contribution in [1.82, 2.24) is 15.0 Å². The normalized spacial score (nSPS) is 15.8. The van der Waals surface area contributed by atoms with Crippen LogP contribution in [0.4, 0.5) is 5.82 Å². The first-order valence-electron chi connectivity index (χ1n) is 9.90. The van der Waals surface area contributed by atoms with Crippen LogP contribution in [0.15, 0.2) is 67.0 Å². The molecule has 0 atom stereocenters. The van der Waals surface area contributed by atoms with Crippen molar-refractivity contribution in [3.8, 4) is 0 Å². The van der Waals surface area contributed by atoms with Gasteiger partial charge in [-0.1, -0.05) is 54.6 Å². The number of aromatic amines is 1. The Kier molecular flexibility index (Phi) is 4.51. The van der Waals surface area contributed by atoms with E-state index in [-0.39, 0.29) is 0 Å². The first-order chi connectivity index (χ1) is 13.9. The molecule has 0 saturated carbocycles. The van der Waals surface area contributed by atoms with E-state index >= 15 is 0 Å². The van der Waals surface area contributed by atoms with Crippen LogP contribution in [0.25, 0.3) is 28.0 Å². The minimum absolute atomic E-state index is 1.01. The van der Waals surface area contributed by atoms with E-state index in [1.54, 1.807) is 11.2 Å². The van der Waals surface area contributed by atoms with Gasteiger partial charge in [0.05, 0.1) is 32.7 Å². The largest absolute Gasteiger partial charge is 0.350 e. The Morgan fingerprint density at radius 3 is 2.61 bits per heavy atom. The molecule has 4 aromatic rings. The van der Waals surface area contributed by atoms with E-state index in [2.05, 4.69) is 86.6 Å². The lowest BCUT2D eigenvalue weighted by molar-refractivity contribution is -0.894. The Morgan fingerprint density at radius 1 is 0.964 bits per heavy atom. The number of piperazine rings is 1. The van der Waals surface area contributed by atoms with E-state index in [0.29, 0.717) is 0 Å². The van der Waals surface area contributed by atoms with Crippen molar-refractivity contribution in [2.45, 2.75) is 0 Å². The van der Waals surface area contributed by atoms with Crippen LogP contribution in [-0.2, 0) is 0 Å². The number of quaternary nitrogens is 1. The Hall–Kier alpha value is -3.18. The lowest BCUT2D eigenvalue weighted by Gasteiger charge is -2.32. The van der Waals surface area contributed by atoms with Gasteiger partial charge in [-0.3, -0.25) is 0 Å². The second-order valence-electron chi connectivity index (χ2n) is 7.35. The molecule has 3 heterocycles. The molecule has 5 nitrogen and oxygen atoms in total. The summed E-state index contributed by atoms with van der Waals surface area (Å²) >= 11 is 0. The van der Waals surface area contributed by atoms with Crippen LogP contribution in [0.3, 0.4) is 0 Å². The second-order valence-corrected chi connectivity index (χ2v) is 7.35. The summed E-state index contributed by atoms with van der Waals surface area (Å²) in [6.07, 6.45) is 6.21. The van der Waals surface area contributed by atoms with Crippen LogP contribution < -0.4 is 9.80 Å². The minimum Gasteiger partial charge on any atom is -0.350 e. The molecule has 0 radical (unpaired) electrons. The molecule has 0 unspecified atom stereocenters. The van der Waals surface area contributed by atoms with Crippen molar-refractivity contribution < 1.29 is 4.90 Å². The van der Waals surface area contributed by atoms with Gasteiger partial charge in [0.2, 0.25) is 0 Å². The molecule has 2 aromatic carbocycles. The molecule has 5 heteroatoms. The van der Waals surface area contributed by atoms with E-state index in [1.807, 2.05) is 0 Å². The van der Waals surface area contributed by atoms with E-state index in [1.165, 1.54) is 5.56 Å². The number of fused-ring (bicyclic) bond motifs is 3. The maximum Gasteiger partial charge on any atom is 0.156 e. The summed E-state index contributed by atoms with van der Waals surface area (Å²) in [7, 11) is 0. The van der Waals surface area contributed by atoms with E-state index in [9.17, 15) is 0 Å². The molecule has 2 aromatic heterocycles. The van der Waals surface area contributed by atoms with Gasteiger partial charge in [-0.25, -0.2) is 9.97 Å². The maximum absolute atomic E-state index is 4.61. The third-order valence-corrected chi connectivity index (χ3v) is 5.56. The monoisotopic (exact) mass is 370 g/mol. The standard InChI is InChI=1S/C23H23N5/c1-2-7-18(8-3-1)9-6-12-27-13-15-28(16-14-27)23-22-21(24-17-25-23)19-10-4-5-11-20(19)26-22/h1-11,17,26H,12-16H2/p+1/b9-6+. The molecule has 28 heavy (non-hydrogen) atoms. The number of benzene rings is 2. The second kappa shape index (κ2) is 7.44. The Labute approximate surface area is 164 Å². The summed E-state index contributed by atoms with van der Waals surface area (Å²) in [4.78, 5) is 16.7. The number of nitrogens with zero attached hydrogens (tertiary/aromatic N) is 3. The van der Waals surface area contributed by atoms with Crippen LogP contribution in [-0.4, -0.2) is 47.7 Å². The van der Waals surface area contributed by atoms with Gasteiger partial charge in [0.1, 0.15) is 17.4 Å². The maximum atomic E-state index is 4.61. The molecule has 2 N–H and O–H groups in total. The van der Waals surface area contributed by atoms with Gasteiger partial charge in [-0.05, 0) is 17.7 Å². The highest BCUT2D eigenvalue weighted by molar-refractivity contribution is 6.08. The number of anilines is 1. The smallest absolute Gasteiger partial charge is 0.156 e. The minimum atomic E-state index is 1.01. The summed E-state index contributed by atoms with van der Waals surface area (Å²) in [5.74, 6) is 1.03. The van der Waals surface area contributed by atoms with Gasteiger partial charge >= 0.3 is 0 Å². The predicted octanol–water partition coefficient (Wildman–Crippen LogP) is 2.53. The Bertz CT molecular complexity index is 1110. The molecule has 0 amide bonds. The molecular formula is C23H24N5+. The van der Waals surface area contributed by atoms with Crippen LogP contribution >= 0.6 is 0 Å². The highest BCUT2D eigenvalue weighted by Crippen LogP contribution is 2.28. The van der Waals surface area contributed by atoms with Gasteiger partial charge < -0.3 is 14.8 Å². The van der Waals surface area contributed by atoms with Crippen molar-refractivity contribution in [2.75, 3.05) is 37.6 Å². The van der Waals surface area contributed by atoms with Crippen LogP contribution in [0.2, 0.25) is 0 Å². The topological polar surface area (TPSA) is 49.2 Å². The van der Waals surface area contributed by atoms with E-state index < -0.39 is 0 Å². The molecule has 1 aliphatic heterocycles. The van der Waals surface area contributed by atoms with Crippen molar-refractivity contribution in [2.24, 2.45) is 0 Å². The number of para-hydroxylation sites is 1. The van der Waals surface area contributed by atoms with Crippen LogP contribution in [0.5, 0.6) is 0 Å². The number of hydrogen-bond acceptors (Lipinski definition) is 3. The average Bonchev–Trinajstić information content (AvgIpc) is 3.14. The number of H-pyrrole nitrogens is 1. The van der Waals surface area contributed by atoms with Crippen molar-refractivity contribution in [3.05, 3.63) is 72.6 Å². The average molecular weight is 370 g/mol. The van der Waals surface area contributed by atoms with Gasteiger partial charge in [0.25, 0.3) is 0 Å². The number of nitrogens with one attached hydrogen (secondary N) is 2. The summed E-state index contributed by atoms with van der Waals surface area (Å²) in [5, 5.41) is 1.16. The number of aromatic nitrogens is 3. The number of hydrogen-bond donors (Lipinski definition) is 2. The quantitative estimate of drug-likeness (QED) is 0.580. The predicted molar refractivity (Wildman–Crippen MR) is 115 cm³/mol. The van der Waals surface area contributed by atoms with Crippen molar-refractivity contribution in [3.63, 3.8) is 0 Å². The zero-order chi connectivity index (χ0) is 18.8. The lowest BCUT2D eigenvalue weighted by atomic mass is 10.2. The van der Waals surface area contributed by atoms with E-state index in [4.69, 9.17) is 0 Å². The number of rotatable bonds is 4. The first-order valence-corrected chi connectivity index (χ1v) is 9.90. The fourth-order valence-corrected chi connectivity index (χ4v) is 4.03. The van der Waals surface area contributed by atoms with Gasteiger partial charge in [-0.15, -0.1) is 0 Å². The fourth-order valence-electron chi connectivity index (χ4n) is 4.03. The summed E-state index contributed by atoms with van der Waals surface area (Å²) < 4.78 is 0. The molecule has 1 aliphatic rings. The fraction of sp³-hybridized carbons (Fsp3) is 0.217. The molecule has 140 valence electrons. The molecule has 0 aliphatic carbocycles. The highest BCUT2D eigenvalue weighted by atomic mass is 15.3. The zero-order valence-corrected chi connectivity index (χ0v) is 15.8. The molecule has 0 spiro atoms. The summed E-state index contributed by atoms with van der Waals surface area (Å²) in [6.45, 7) is 5.32. The van der Waals surface area contributed by atoms with Crippen LogP contribution in [0.1, 0.15) is 5.56 Å². The SMILES string of the molecule is C(=C\c1ccccc1)/C[NH+]1CCN(c2ncnc3c2[nH]c2ccccc23)CC1. The summed E-state index contributed by atoms with van der Waals surface area (Å²) in [5.41, 5.74) is 4.45. The zero-order valence-electron chi connectivity index (χ0n) is 15.8. The van der Waals surface area contributed by atoms with Gasteiger partial charge in [0.15, 0.2) is 5.82 Å². The molecule has 0 bridgehead atoms. The first kappa shape index (κ1) is 17.0. The molecule has 1 fully saturated rings. The molecular weight excluding hydrogens is 346 g/mol. The Balaban J connectivity index is 1.29. The lowest BCUT2D eigenvalue weighted by Crippen LogP contribution is -3.14. The van der Waals surface area contributed by atoms with E-state index in [0.717, 1.165) is 60.5 Å². The Morgan fingerprint density at radius 2 is 1.75 bits per heavy atom. The molecule has 5 rings (SSSR count).